The standard InChI is InChI=1S/C23H27F2N7.C3H6F2/c1-14(2)27-18-7-8-19(28-15(18)3)17-9-10-32-20(17)11-26-22(30-32)29-21-12-31(13-23(21,24)25)16-5-4-6-16;1-2-3(4)5/h7-11,16,21H,4-6,12-13H2,1-3H3,(H,29,30);3H,2H2,1H3. The van der Waals surface area contributed by atoms with Gasteiger partial charge in [-0.3, -0.25) is 14.9 Å². The van der Waals surface area contributed by atoms with Gasteiger partial charge in [-0.05, 0) is 51.8 Å². The molecule has 3 aromatic rings. The summed E-state index contributed by atoms with van der Waals surface area (Å²) in [6.45, 7) is 7.38. The third-order valence-corrected chi connectivity index (χ3v) is 6.64. The highest BCUT2D eigenvalue weighted by atomic mass is 19.3. The van der Waals surface area contributed by atoms with Crippen molar-refractivity contribution in [2.75, 3.05) is 18.4 Å². The van der Waals surface area contributed by atoms with Crippen LogP contribution in [-0.2, 0) is 0 Å². The van der Waals surface area contributed by atoms with E-state index in [1.54, 1.807) is 16.9 Å². The highest BCUT2D eigenvalue weighted by Crippen LogP contribution is 2.36. The predicted molar refractivity (Wildman–Crippen MR) is 137 cm³/mol. The number of pyridine rings is 1. The van der Waals surface area contributed by atoms with Gasteiger partial charge in [-0.15, -0.1) is 5.10 Å². The van der Waals surface area contributed by atoms with Crippen molar-refractivity contribution in [3.63, 3.8) is 0 Å². The van der Waals surface area contributed by atoms with E-state index in [0.717, 1.165) is 53.1 Å². The molecular formula is C26H33F4N7. The third-order valence-electron chi connectivity index (χ3n) is 6.64. The molecule has 1 saturated heterocycles. The third kappa shape index (κ3) is 6.26. The summed E-state index contributed by atoms with van der Waals surface area (Å²) in [5.41, 5.74) is 5.08. The minimum atomic E-state index is -2.81. The van der Waals surface area contributed by atoms with Crippen LogP contribution in [0.5, 0.6) is 0 Å². The lowest BCUT2D eigenvalue weighted by Crippen LogP contribution is -2.39. The van der Waals surface area contributed by atoms with E-state index in [0.29, 0.717) is 6.54 Å². The summed E-state index contributed by atoms with van der Waals surface area (Å²) < 4.78 is 52.3. The second kappa shape index (κ2) is 11.1. The van der Waals surface area contributed by atoms with Gasteiger partial charge in [-0.25, -0.2) is 27.1 Å². The number of hydrogen-bond acceptors (Lipinski definition) is 6. The quantitative estimate of drug-likeness (QED) is 0.312. The van der Waals surface area contributed by atoms with Gasteiger partial charge in [0.25, 0.3) is 5.92 Å². The van der Waals surface area contributed by atoms with Gasteiger partial charge in [0.1, 0.15) is 6.04 Å². The topological polar surface area (TPSA) is 70.7 Å². The second-order valence-corrected chi connectivity index (χ2v) is 9.77. The largest absolute Gasteiger partial charge is 0.343 e. The maximum absolute atomic E-state index is 14.6. The molecule has 0 spiro atoms. The van der Waals surface area contributed by atoms with E-state index < -0.39 is 18.4 Å². The van der Waals surface area contributed by atoms with Gasteiger partial charge in [0.15, 0.2) is 0 Å². The zero-order valence-corrected chi connectivity index (χ0v) is 21.6. The first-order chi connectivity index (χ1) is 17.6. The normalized spacial score (nSPS) is 19.4. The van der Waals surface area contributed by atoms with E-state index in [-0.39, 0.29) is 25.0 Å². The summed E-state index contributed by atoms with van der Waals surface area (Å²) in [5, 5.41) is 7.30. The Balaban J connectivity index is 0.000000586. The number of likely N-dealkylation sites (tertiary alicyclic amines) is 1. The Kier molecular flexibility index (Phi) is 8.11. The van der Waals surface area contributed by atoms with Crippen molar-refractivity contribution >= 4 is 22.9 Å². The molecule has 2 fully saturated rings. The van der Waals surface area contributed by atoms with E-state index in [9.17, 15) is 17.6 Å². The van der Waals surface area contributed by atoms with Crippen molar-refractivity contribution in [1.29, 1.82) is 0 Å². The molecule has 5 rings (SSSR count). The zero-order chi connectivity index (χ0) is 26.7. The lowest BCUT2D eigenvalue weighted by Gasteiger charge is -2.34. The number of halogens is 4. The molecule has 0 aromatic carbocycles. The minimum Gasteiger partial charge on any atom is -0.343 e. The highest BCUT2D eigenvalue weighted by molar-refractivity contribution is 5.83. The number of hydrogen-bond donors (Lipinski definition) is 1. The number of fused-ring (bicyclic) bond motifs is 1. The second-order valence-electron chi connectivity index (χ2n) is 9.77. The fourth-order valence-corrected chi connectivity index (χ4v) is 4.40. The van der Waals surface area contributed by atoms with Crippen molar-refractivity contribution < 1.29 is 17.6 Å². The summed E-state index contributed by atoms with van der Waals surface area (Å²) in [6, 6.07) is 5.07. The van der Waals surface area contributed by atoms with Crippen LogP contribution in [0, 0.1) is 6.92 Å². The Hall–Kier alpha value is -3.08. The van der Waals surface area contributed by atoms with Gasteiger partial charge >= 0.3 is 0 Å². The Morgan fingerprint density at radius 2 is 1.95 bits per heavy atom. The van der Waals surface area contributed by atoms with E-state index in [4.69, 9.17) is 0 Å². The van der Waals surface area contributed by atoms with Gasteiger partial charge in [0, 0.05) is 36.5 Å². The molecule has 0 radical (unpaired) electrons. The van der Waals surface area contributed by atoms with Gasteiger partial charge in [-0.2, -0.15) is 0 Å². The number of alkyl halides is 4. The number of anilines is 1. The minimum absolute atomic E-state index is 0.0278. The van der Waals surface area contributed by atoms with Gasteiger partial charge in [-0.1, -0.05) is 13.3 Å². The molecule has 11 heteroatoms. The average molecular weight is 520 g/mol. The first kappa shape index (κ1) is 27.0. The molecule has 1 saturated carbocycles. The van der Waals surface area contributed by atoms with Crippen molar-refractivity contribution in [2.24, 2.45) is 4.99 Å². The summed E-state index contributed by atoms with van der Waals surface area (Å²) >= 11 is 0. The monoisotopic (exact) mass is 519 g/mol. The Labute approximate surface area is 214 Å². The predicted octanol–water partition coefficient (Wildman–Crippen LogP) is 6.16. The van der Waals surface area contributed by atoms with Crippen LogP contribution in [0.1, 0.15) is 52.1 Å². The number of aryl methyl sites for hydroxylation is 1. The summed E-state index contributed by atoms with van der Waals surface area (Å²) in [6.07, 6.45) is 4.45. The Morgan fingerprint density at radius 1 is 1.22 bits per heavy atom. The molecule has 200 valence electrons. The molecule has 0 amide bonds. The lowest BCUT2D eigenvalue weighted by atomic mass is 9.92. The zero-order valence-electron chi connectivity index (χ0n) is 21.6. The van der Waals surface area contributed by atoms with Gasteiger partial charge in [0.2, 0.25) is 12.4 Å². The molecule has 3 aromatic heterocycles. The number of rotatable bonds is 6. The first-order valence-electron chi connectivity index (χ1n) is 12.6. The molecule has 0 bridgehead atoms. The summed E-state index contributed by atoms with van der Waals surface area (Å²) in [4.78, 5) is 15.4. The smallest absolute Gasteiger partial charge is 0.281 e. The Bertz CT molecular complexity index is 1250. The van der Waals surface area contributed by atoms with Crippen LogP contribution in [-0.4, -0.2) is 67.7 Å². The van der Waals surface area contributed by atoms with Crippen LogP contribution in [0.15, 0.2) is 35.6 Å². The van der Waals surface area contributed by atoms with Crippen LogP contribution in [0.4, 0.5) is 29.2 Å². The van der Waals surface area contributed by atoms with Crippen molar-refractivity contribution in [3.05, 3.63) is 36.3 Å². The number of nitrogens with one attached hydrogen (secondary N) is 1. The molecule has 7 nitrogen and oxygen atoms in total. The van der Waals surface area contributed by atoms with Crippen molar-refractivity contribution in [2.45, 2.75) is 77.8 Å². The lowest BCUT2D eigenvalue weighted by molar-refractivity contribution is -0.00421. The molecule has 2 aliphatic rings. The van der Waals surface area contributed by atoms with Crippen LogP contribution < -0.4 is 5.32 Å². The van der Waals surface area contributed by atoms with Crippen LogP contribution in [0.25, 0.3) is 16.8 Å². The maximum Gasteiger partial charge on any atom is 0.281 e. The molecule has 4 heterocycles. The van der Waals surface area contributed by atoms with E-state index in [1.165, 1.54) is 6.92 Å². The fourth-order valence-electron chi connectivity index (χ4n) is 4.40. The number of aliphatic imine (C=N–C) groups is 1. The van der Waals surface area contributed by atoms with Crippen LogP contribution >= 0.6 is 0 Å². The molecule has 1 N–H and O–H groups in total. The van der Waals surface area contributed by atoms with Crippen LogP contribution in [0.2, 0.25) is 0 Å². The molecule has 1 aliphatic carbocycles. The fraction of sp³-hybridized carbons (Fsp3) is 0.538. The van der Waals surface area contributed by atoms with Crippen molar-refractivity contribution in [1.82, 2.24) is 24.5 Å². The number of nitrogens with zero attached hydrogens (tertiary/aromatic N) is 6. The Morgan fingerprint density at radius 3 is 2.54 bits per heavy atom. The first-order valence-corrected chi connectivity index (χ1v) is 12.6. The average Bonchev–Trinajstić information content (AvgIpc) is 3.34. The summed E-state index contributed by atoms with van der Waals surface area (Å²) in [5.74, 6) is -2.61. The summed E-state index contributed by atoms with van der Waals surface area (Å²) in [7, 11) is 0. The molecule has 1 atom stereocenters. The van der Waals surface area contributed by atoms with Gasteiger partial charge in [0.05, 0.1) is 35.3 Å². The molecule has 1 unspecified atom stereocenters. The van der Waals surface area contributed by atoms with E-state index in [1.807, 2.05) is 43.9 Å². The maximum atomic E-state index is 14.6. The van der Waals surface area contributed by atoms with Crippen LogP contribution in [0.3, 0.4) is 0 Å². The molecular weight excluding hydrogens is 486 g/mol. The van der Waals surface area contributed by atoms with Crippen molar-refractivity contribution in [3.8, 4) is 11.3 Å². The highest BCUT2D eigenvalue weighted by Gasteiger charge is 2.50. The van der Waals surface area contributed by atoms with Gasteiger partial charge < -0.3 is 5.32 Å². The number of aromatic nitrogens is 4. The van der Waals surface area contributed by atoms with E-state index >= 15 is 0 Å². The molecule has 37 heavy (non-hydrogen) atoms. The molecule has 1 aliphatic heterocycles. The van der Waals surface area contributed by atoms with E-state index in [2.05, 4.69) is 25.4 Å². The SMILES string of the molecule is CC(C)=Nc1ccc(-c2ccn3nc(NC4CN(C5CCC5)CC4(F)F)ncc23)nc1C.CCC(F)F.